The predicted molar refractivity (Wildman–Crippen MR) is 125 cm³/mol. The maximum Gasteiger partial charge on any atom is 0.352 e. The molecule has 178 valence electrons. The summed E-state index contributed by atoms with van der Waals surface area (Å²) in [6.45, 7) is 12.7. The Kier molecular flexibility index (Phi) is 7.62. The third-order valence-corrected chi connectivity index (χ3v) is 12.4. The summed E-state index contributed by atoms with van der Waals surface area (Å²) in [6, 6.07) is 2.96. The van der Waals surface area contributed by atoms with Gasteiger partial charge in [-0.2, -0.15) is 0 Å². The molecule has 32 heavy (non-hydrogen) atoms. The van der Waals surface area contributed by atoms with Crippen molar-refractivity contribution in [2.24, 2.45) is 11.8 Å². The maximum atomic E-state index is 13.1. The molecule has 8 nitrogen and oxygen atoms in total. The molecule has 3 heterocycles. The first-order valence-corrected chi connectivity index (χ1v) is 14.3. The van der Waals surface area contributed by atoms with Crippen molar-refractivity contribution in [2.45, 2.75) is 71.4 Å². The summed E-state index contributed by atoms with van der Waals surface area (Å²) in [7, 11) is 0.130. The van der Waals surface area contributed by atoms with Crippen molar-refractivity contribution in [2.75, 3.05) is 20.1 Å². The minimum atomic E-state index is -1.86. The molecular weight excluding hydrogens is 424 g/mol. The molecule has 1 N–H and O–H groups in total. The molecule has 0 aromatic carbocycles. The number of aliphatic carboxylic acids is 1. The van der Waals surface area contributed by atoms with Crippen LogP contribution in [-0.4, -0.2) is 76.9 Å². The lowest BCUT2D eigenvalue weighted by molar-refractivity contribution is -0.162. The van der Waals surface area contributed by atoms with E-state index < -0.39 is 14.3 Å². The van der Waals surface area contributed by atoms with E-state index in [0.717, 1.165) is 36.8 Å². The van der Waals surface area contributed by atoms with E-state index in [-0.39, 0.29) is 35.6 Å². The van der Waals surface area contributed by atoms with Gasteiger partial charge in [-0.15, -0.1) is 0 Å². The molecule has 0 bridgehead atoms. The van der Waals surface area contributed by atoms with Gasteiger partial charge in [0.25, 0.3) is 0 Å². The Morgan fingerprint density at radius 3 is 2.50 bits per heavy atom. The number of imidazole rings is 1. The predicted octanol–water partition coefficient (Wildman–Crippen LogP) is 3.04. The number of carboxylic acids is 1. The van der Waals surface area contributed by atoms with Gasteiger partial charge in [-0.05, 0) is 37.7 Å². The summed E-state index contributed by atoms with van der Waals surface area (Å²) in [5.41, 5.74) is 1.01. The highest BCUT2D eigenvalue weighted by molar-refractivity contribution is 6.73. The van der Waals surface area contributed by atoms with Crippen LogP contribution < -0.4 is 0 Å². The number of rotatable bonds is 12. The third kappa shape index (κ3) is 4.42. The zero-order valence-corrected chi connectivity index (χ0v) is 21.2. The Morgan fingerprint density at radius 2 is 1.97 bits per heavy atom. The summed E-state index contributed by atoms with van der Waals surface area (Å²) in [6.07, 6.45) is 5.25. The Bertz CT molecular complexity index is 844. The largest absolute Gasteiger partial charge is 0.477 e. The first kappa shape index (κ1) is 24.7. The van der Waals surface area contributed by atoms with Gasteiger partial charge in [-0.25, -0.2) is 9.78 Å². The van der Waals surface area contributed by atoms with Crippen LogP contribution in [0.2, 0.25) is 18.1 Å². The van der Waals surface area contributed by atoms with Gasteiger partial charge in [0.1, 0.15) is 5.70 Å². The minimum Gasteiger partial charge on any atom is -0.477 e. The van der Waals surface area contributed by atoms with E-state index in [1.807, 2.05) is 24.7 Å². The van der Waals surface area contributed by atoms with Gasteiger partial charge in [0.15, 0.2) is 8.32 Å². The molecular formula is C23H38N4O4Si. The lowest BCUT2D eigenvalue weighted by atomic mass is 9.77. The summed E-state index contributed by atoms with van der Waals surface area (Å²) in [4.78, 5) is 33.0. The number of amides is 1. The van der Waals surface area contributed by atoms with Crippen LogP contribution in [0.1, 0.15) is 34.6 Å². The van der Waals surface area contributed by atoms with Gasteiger partial charge >= 0.3 is 5.97 Å². The van der Waals surface area contributed by atoms with Gasteiger partial charge in [0.05, 0.1) is 24.4 Å². The van der Waals surface area contributed by atoms with Gasteiger partial charge in [0, 0.05) is 37.9 Å². The second-order valence-corrected chi connectivity index (χ2v) is 14.0. The molecule has 0 aliphatic carbocycles. The molecule has 1 aromatic heterocycles. The molecule has 1 amide bonds. The van der Waals surface area contributed by atoms with E-state index in [1.54, 1.807) is 12.5 Å². The van der Waals surface area contributed by atoms with Crippen molar-refractivity contribution >= 4 is 20.2 Å². The van der Waals surface area contributed by atoms with Gasteiger partial charge < -0.3 is 23.9 Å². The average molecular weight is 463 g/mol. The Morgan fingerprint density at radius 1 is 1.31 bits per heavy atom. The standard InChI is InChI=1S/C23H38N4O4Si/c1-7-32(8-2,9-3)31-17(5)19-20-16(4)18(21(23(29)30)27(20)22(19)28)14-25(6)12-13-26-11-10-24-15-26/h10-11,15-17,19-20H,7-9,12-14H2,1-6H3,(H,29,30)/t16-,17+,19+,20+/m0/s1. The van der Waals surface area contributed by atoms with Crippen LogP contribution in [0.3, 0.4) is 0 Å². The van der Waals surface area contributed by atoms with Crippen LogP contribution >= 0.6 is 0 Å². The van der Waals surface area contributed by atoms with Crippen molar-refractivity contribution in [3.05, 3.63) is 30.0 Å². The van der Waals surface area contributed by atoms with E-state index in [0.29, 0.717) is 6.54 Å². The number of likely N-dealkylation sites (N-methyl/N-ethyl adjacent to an activating group) is 1. The fraction of sp³-hybridized carbons (Fsp3) is 0.696. The molecule has 2 aliphatic heterocycles. The van der Waals surface area contributed by atoms with Crippen LogP contribution in [0.15, 0.2) is 30.0 Å². The number of carbonyl (C=O) groups excluding carboxylic acids is 1. The van der Waals surface area contributed by atoms with E-state index in [1.165, 1.54) is 4.90 Å². The molecule has 3 rings (SSSR count). The van der Waals surface area contributed by atoms with Gasteiger partial charge in [-0.1, -0.05) is 27.7 Å². The van der Waals surface area contributed by atoms with Crippen molar-refractivity contribution < 1.29 is 19.1 Å². The van der Waals surface area contributed by atoms with E-state index >= 15 is 0 Å². The number of fused-ring (bicyclic) bond motifs is 1. The monoisotopic (exact) mass is 462 g/mol. The molecule has 1 aromatic rings. The normalized spacial score (nSPS) is 24.2. The lowest BCUT2D eigenvalue weighted by Crippen LogP contribution is -2.65. The Hall–Kier alpha value is -1.97. The van der Waals surface area contributed by atoms with E-state index in [4.69, 9.17) is 4.43 Å². The number of hydrogen-bond donors (Lipinski definition) is 1. The molecule has 0 saturated carbocycles. The summed E-state index contributed by atoms with van der Waals surface area (Å²) >= 11 is 0. The number of nitrogens with zero attached hydrogens (tertiary/aromatic N) is 4. The highest BCUT2D eigenvalue weighted by Gasteiger charge is 2.60. The Labute approximate surface area is 192 Å². The zero-order chi connectivity index (χ0) is 23.6. The second kappa shape index (κ2) is 9.89. The number of aromatic nitrogens is 2. The molecule has 0 unspecified atom stereocenters. The molecule has 2 aliphatic rings. The molecule has 1 saturated heterocycles. The minimum absolute atomic E-state index is 0.00788. The summed E-state index contributed by atoms with van der Waals surface area (Å²) in [5, 5.41) is 9.95. The van der Waals surface area contributed by atoms with Crippen molar-refractivity contribution in [3.8, 4) is 0 Å². The lowest BCUT2D eigenvalue weighted by Gasteiger charge is -2.49. The van der Waals surface area contributed by atoms with Crippen LogP contribution in [0.25, 0.3) is 0 Å². The van der Waals surface area contributed by atoms with Crippen LogP contribution in [0.5, 0.6) is 0 Å². The van der Waals surface area contributed by atoms with Crippen molar-refractivity contribution in [1.29, 1.82) is 0 Å². The van der Waals surface area contributed by atoms with Crippen LogP contribution in [0, 0.1) is 11.8 Å². The number of hydrogen-bond acceptors (Lipinski definition) is 5. The SMILES string of the molecule is CC[Si](CC)(CC)O[C@H](C)[C@H]1C(=O)N2C(C(=O)O)=C(CN(C)CCn3ccnc3)[C@H](C)[C@H]12. The smallest absolute Gasteiger partial charge is 0.352 e. The molecule has 9 heteroatoms. The number of carboxylic acid groups (broad SMARTS) is 1. The van der Waals surface area contributed by atoms with Crippen LogP contribution in [-0.2, 0) is 20.6 Å². The quantitative estimate of drug-likeness (QED) is 0.379. The highest BCUT2D eigenvalue weighted by Crippen LogP contribution is 2.48. The second-order valence-electron chi connectivity index (χ2n) is 9.30. The molecule has 4 atom stereocenters. The van der Waals surface area contributed by atoms with Crippen molar-refractivity contribution in [1.82, 2.24) is 19.4 Å². The topological polar surface area (TPSA) is 87.9 Å². The molecule has 0 spiro atoms. The molecule has 1 fully saturated rings. The average Bonchev–Trinajstić information content (AvgIpc) is 3.36. The first-order valence-electron chi connectivity index (χ1n) is 11.8. The Balaban J connectivity index is 1.74. The summed E-state index contributed by atoms with van der Waals surface area (Å²) < 4.78 is 8.61. The third-order valence-electron chi connectivity index (χ3n) is 7.61. The fourth-order valence-corrected chi connectivity index (χ4v) is 8.32. The summed E-state index contributed by atoms with van der Waals surface area (Å²) in [5.74, 6) is -1.40. The van der Waals surface area contributed by atoms with E-state index in [9.17, 15) is 14.7 Å². The van der Waals surface area contributed by atoms with Crippen molar-refractivity contribution in [3.63, 3.8) is 0 Å². The molecule has 0 radical (unpaired) electrons. The number of β-lactam (4-membered cyclic amide) rings is 1. The number of carbonyl (C=O) groups is 2. The first-order chi connectivity index (χ1) is 15.2. The van der Waals surface area contributed by atoms with Gasteiger partial charge in [0.2, 0.25) is 5.91 Å². The van der Waals surface area contributed by atoms with E-state index in [2.05, 4.69) is 37.6 Å². The van der Waals surface area contributed by atoms with Crippen LogP contribution in [0.4, 0.5) is 0 Å². The zero-order valence-electron chi connectivity index (χ0n) is 20.2. The highest BCUT2D eigenvalue weighted by atomic mass is 28.4. The fourth-order valence-electron chi connectivity index (χ4n) is 5.38. The van der Waals surface area contributed by atoms with Gasteiger partial charge in [-0.3, -0.25) is 4.79 Å². The maximum absolute atomic E-state index is 13.1.